The van der Waals surface area contributed by atoms with E-state index in [2.05, 4.69) is 106 Å². The summed E-state index contributed by atoms with van der Waals surface area (Å²) in [6.45, 7) is 32.6. The van der Waals surface area contributed by atoms with Crippen molar-refractivity contribution in [2.75, 3.05) is 13.2 Å². The van der Waals surface area contributed by atoms with Gasteiger partial charge in [-0.3, -0.25) is 9.13 Å². The van der Waals surface area contributed by atoms with Crippen molar-refractivity contribution < 1.29 is 8.85 Å². The molecule has 0 aliphatic heterocycles. The molecule has 5 heteroatoms. The van der Waals surface area contributed by atoms with E-state index >= 15 is 0 Å². The number of hydrogen-bond donors (Lipinski definition) is 0. The van der Waals surface area contributed by atoms with Gasteiger partial charge in [0.25, 0.3) is 0 Å². The third-order valence-electron chi connectivity index (χ3n) is 3.91. The van der Waals surface area contributed by atoms with Gasteiger partial charge in [-0.2, -0.15) is 0 Å². The molecule has 0 aromatic rings. The van der Waals surface area contributed by atoms with Gasteiger partial charge in [0.1, 0.15) is 0 Å². The zero-order valence-corrected chi connectivity index (χ0v) is 20.6. The van der Waals surface area contributed by atoms with E-state index in [9.17, 15) is 0 Å². The summed E-state index contributed by atoms with van der Waals surface area (Å²) in [6.07, 6.45) is 0. The highest BCUT2D eigenvalue weighted by Crippen LogP contribution is 2.41. The molecule has 25 heavy (non-hydrogen) atoms. The lowest BCUT2D eigenvalue weighted by molar-refractivity contribution is -0.0524. The molecule has 0 aromatic carbocycles. The summed E-state index contributed by atoms with van der Waals surface area (Å²) in [5.74, 6) is 0. The number of rotatable bonds is 6. The summed E-state index contributed by atoms with van der Waals surface area (Å²) >= 11 is 0. The Kier molecular flexibility index (Phi) is 7.99. The molecule has 0 aromatic heterocycles. The van der Waals surface area contributed by atoms with Gasteiger partial charge in [-0.15, -0.1) is 0 Å². The molecule has 0 unspecified atom stereocenters. The van der Waals surface area contributed by atoms with Crippen LogP contribution in [0.4, 0.5) is 0 Å². The predicted molar refractivity (Wildman–Crippen MR) is 112 cm³/mol. The maximum absolute atomic E-state index is 6.67. The fourth-order valence-electron chi connectivity index (χ4n) is 4.48. The van der Waals surface area contributed by atoms with E-state index in [1.807, 2.05) is 0 Å². The van der Waals surface area contributed by atoms with Crippen LogP contribution in [0.5, 0.6) is 0 Å². The molecule has 0 fully saturated rings. The topological polar surface area (TPSA) is 24.9 Å². The van der Waals surface area contributed by atoms with Gasteiger partial charge in [-0.05, 0) is 96.9 Å². The zero-order chi connectivity index (χ0) is 20.5. The van der Waals surface area contributed by atoms with Crippen molar-refractivity contribution >= 4 is 8.88 Å². The van der Waals surface area contributed by atoms with E-state index in [1.54, 1.807) is 0 Å². The summed E-state index contributed by atoms with van der Waals surface area (Å²) in [5.41, 5.74) is -0.375. The van der Waals surface area contributed by atoms with E-state index in [1.165, 1.54) is 0 Å². The Labute approximate surface area is 159 Å². The second kappa shape index (κ2) is 7.97. The van der Waals surface area contributed by atoms with Gasteiger partial charge in [-0.1, -0.05) is 0 Å². The molecule has 0 saturated carbocycles. The predicted octanol–water partition coefficient (Wildman–Crippen LogP) is 5.29. The van der Waals surface area contributed by atoms with Crippen molar-refractivity contribution in [1.82, 2.24) is 9.13 Å². The molecule has 0 amide bonds. The van der Waals surface area contributed by atoms with Crippen LogP contribution in [0.25, 0.3) is 0 Å². The van der Waals surface area contributed by atoms with Gasteiger partial charge in [0.05, 0.1) is 0 Å². The smallest absolute Gasteiger partial charge is 0.371 e. The first-order valence-corrected chi connectivity index (χ1v) is 11.5. The van der Waals surface area contributed by atoms with Gasteiger partial charge in [-0.25, -0.2) is 0 Å². The summed E-state index contributed by atoms with van der Waals surface area (Å²) in [4.78, 5) is 0. The molecule has 4 nitrogen and oxygen atoms in total. The maximum Gasteiger partial charge on any atom is 0.524 e. The summed E-state index contributed by atoms with van der Waals surface area (Å²) < 4.78 is 18.4. The molecule has 0 saturated heterocycles. The van der Waals surface area contributed by atoms with Gasteiger partial charge >= 0.3 is 8.88 Å². The molecule has 0 N–H and O–H groups in total. The van der Waals surface area contributed by atoms with Crippen molar-refractivity contribution in [3.63, 3.8) is 0 Å². The molecular formula is C20H46N2O2Si. The highest BCUT2D eigenvalue weighted by Gasteiger charge is 2.63. The molecule has 0 bridgehead atoms. The van der Waals surface area contributed by atoms with Crippen molar-refractivity contribution in [1.29, 1.82) is 0 Å². The van der Waals surface area contributed by atoms with Crippen molar-refractivity contribution in [2.24, 2.45) is 0 Å². The van der Waals surface area contributed by atoms with Crippen LogP contribution < -0.4 is 0 Å². The normalized spacial score (nSPS) is 15.4. The first-order valence-electron chi connectivity index (χ1n) is 9.74. The minimum Gasteiger partial charge on any atom is -0.371 e. The molecule has 0 aliphatic carbocycles. The Morgan fingerprint density at radius 1 is 0.520 bits per heavy atom. The van der Waals surface area contributed by atoms with E-state index in [0.717, 1.165) is 0 Å². The lowest BCUT2D eigenvalue weighted by Crippen LogP contribution is -2.82. The van der Waals surface area contributed by atoms with Crippen molar-refractivity contribution in [2.45, 2.75) is 119 Å². The van der Waals surface area contributed by atoms with Crippen LogP contribution in [0.3, 0.4) is 0 Å². The average Bonchev–Trinajstić information content (AvgIpc) is 2.19. The minimum atomic E-state index is -2.93. The van der Waals surface area contributed by atoms with Crippen LogP contribution in [-0.2, 0) is 8.85 Å². The van der Waals surface area contributed by atoms with Crippen LogP contribution in [0.1, 0.15) is 96.9 Å². The van der Waals surface area contributed by atoms with Crippen LogP contribution in [0, 0.1) is 0 Å². The monoisotopic (exact) mass is 374 g/mol. The second-order valence-electron chi connectivity index (χ2n) is 10.8. The minimum absolute atomic E-state index is 0.0937. The number of nitrogens with zero attached hydrogens (tertiary/aromatic N) is 2. The first-order chi connectivity index (χ1) is 10.9. The summed E-state index contributed by atoms with van der Waals surface area (Å²) in [6, 6.07) is 0. The van der Waals surface area contributed by atoms with Crippen LogP contribution in [-0.4, -0.2) is 53.4 Å². The van der Waals surface area contributed by atoms with Gasteiger partial charge in [0.2, 0.25) is 0 Å². The highest BCUT2D eigenvalue weighted by molar-refractivity contribution is 6.62. The summed E-state index contributed by atoms with van der Waals surface area (Å²) in [5, 5.41) is 0. The Bertz CT molecular complexity index is 343. The highest BCUT2D eigenvalue weighted by atomic mass is 28.4. The fourth-order valence-corrected chi connectivity index (χ4v) is 9.43. The van der Waals surface area contributed by atoms with E-state index in [4.69, 9.17) is 8.85 Å². The van der Waals surface area contributed by atoms with Crippen LogP contribution in [0.15, 0.2) is 0 Å². The lowest BCUT2D eigenvalue weighted by atomic mass is 10.0. The first kappa shape index (κ1) is 25.1. The van der Waals surface area contributed by atoms with Crippen molar-refractivity contribution in [3.8, 4) is 0 Å². The largest absolute Gasteiger partial charge is 0.524 e. The van der Waals surface area contributed by atoms with Gasteiger partial charge in [0.15, 0.2) is 0 Å². The SMILES string of the molecule is CCO[Si](OCC)(N(C(C)(C)C)C(C)(C)C)N(C(C)(C)C)C(C)(C)C. The fraction of sp³-hybridized carbons (Fsp3) is 1.00. The molecule has 0 aliphatic rings. The standard InChI is InChI=1S/C20H46N2O2Si/c1-15-23-25(24-16-2,21(17(3,4)5)18(6,7)8)22(19(9,10)11)20(12,13)14/h15-16H2,1-14H3. The molecule has 0 spiro atoms. The Morgan fingerprint density at radius 2 is 0.720 bits per heavy atom. The molecule has 0 rings (SSSR count). The number of hydrogen-bond acceptors (Lipinski definition) is 4. The molecular weight excluding hydrogens is 328 g/mol. The van der Waals surface area contributed by atoms with Gasteiger partial charge in [0, 0.05) is 35.4 Å². The van der Waals surface area contributed by atoms with Crippen molar-refractivity contribution in [3.05, 3.63) is 0 Å². The van der Waals surface area contributed by atoms with E-state index < -0.39 is 8.88 Å². The third kappa shape index (κ3) is 6.03. The molecule has 0 atom stereocenters. The third-order valence-corrected chi connectivity index (χ3v) is 9.06. The zero-order valence-electron chi connectivity index (χ0n) is 19.6. The summed E-state index contributed by atoms with van der Waals surface area (Å²) in [7, 11) is -2.93. The molecule has 0 heterocycles. The van der Waals surface area contributed by atoms with E-state index in [-0.39, 0.29) is 22.2 Å². The quantitative estimate of drug-likeness (QED) is 0.590. The lowest BCUT2D eigenvalue weighted by Gasteiger charge is -2.61. The van der Waals surface area contributed by atoms with Crippen LogP contribution in [0.2, 0.25) is 0 Å². The van der Waals surface area contributed by atoms with Gasteiger partial charge < -0.3 is 8.85 Å². The maximum atomic E-state index is 6.67. The Hall–Kier alpha value is 0.0569. The average molecular weight is 375 g/mol. The Morgan fingerprint density at radius 3 is 0.840 bits per heavy atom. The molecule has 152 valence electrons. The Balaban J connectivity index is 6.91. The van der Waals surface area contributed by atoms with E-state index in [0.29, 0.717) is 13.2 Å². The second-order valence-corrected chi connectivity index (χ2v) is 13.3. The molecule has 0 radical (unpaired) electrons. The van der Waals surface area contributed by atoms with Crippen LogP contribution >= 0.6 is 0 Å².